The van der Waals surface area contributed by atoms with Crippen LogP contribution in [-0.4, -0.2) is 59.5 Å². The van der Waals surface area contributed by atoms with Crippen molar-refractivity contribution in [2.45, 2.75) is 24.4 Å². The Morgan fingerprint density at radius 3 is 2.35 bits per heavy atom. The molecule has 0 bridgehead atoms. The van der Waals surface area contributed by atoms with Gasteiger partial charge in [0.05, 0.1) is 24.8 Å². The third-order valence-electron chi connectivity index (χ3n) is 5.49. The lowest BCUT2D eigenvalue weighted by Crippen LogP contribution is -2.44. The molecule has 2 aliphatic heterocycles. The van der Waals surface area contributed by atoms with Crippen LogP contribution in [0.3, 0.4) is 0 Å². The third-order valence-corrected chi connectivity index (χ3v) is 5.49. The first-order valence-electron chi connectivity index (χ1n) is 10.8. The quantitative estimate of drug-likeness (QED) is 0.574. The summed E-state index contributed by atoms with van der Waals surface area (Å²) in [5.74, 6) is 1.05. The van der Waals surface area contributed by atoms with Crippen molar-refractivity contribution in [1.82, 2.24) is 15.3 Å². The molecule has 10 nitrogen and oxygen atoms in total. The van der Waals surface area contributed by atoms with Gasteiger partial charge in [-0.1, -0.05) is 18.2 Å². The summed E-state index contributed by atoms with van der Waals surface area (Å²) in [6, 6.07) is 16.0. The summed E-state index contributed by atoms with van der Waals surface area (Å²) >= 11 is 0. The Hall–Kier alpha value is -4.02. The van der Waals surface area contributed by atoms with Crippen LogP contribution >= 0.6 is 0 Å². The first kappa shape index (κ1) is 21.8. The Morgan fingerprint density at radius 2 is 1.59 bits per heavy atom. The lowest BCUT2D eigenvalue weighted by atomic mass is 10.1. The molecule has 4 atom stereocenters. The summed E-state index contributed by atoms with van der Waals surface area (Å²) in [5.41, 5.74) is 0.903. The predicted molar refractivity (Wildman–Crippen MR) is 120 cm³/mol. The second-order valence-electron chi connectivity index (χ2n) is 7.81. The monoisotopic (exact) mass is 462 g/mol. The summed E-state index contributed by atoms with van der Waals surface area (Å²) in [7, 11) is 0. The molecule has 34 heavy (non-hydrogen) atoms. The Bertz CT molecular complexity index is 1130. The number of nitrogens with zero attached hydrogens (tertiary/aromatic N) is 2. The summed E-state index contributed by atoms with van der Waals surface area (Å²) in [4.78, 5) is 32.5. The number of anilines is 1. The normalized spacial score (nSPS) is 23.1. The number of para-hydroxylation sites is 1. The van der Waals surface area contributed by atoms with Crippen LogP contribution in [0.5, 0.6) is 11.5 Å². The number of carbonyl (C=O) groups excluding carboxylic acids is 2. The van der Waals surface area contributed by atoms with E-state index in [1.807, 2.05) is 30.3 Å². The van der Waals surface area contributed by atoms with Crippen molar-refractivity contribution in [2.75, 3.05) is 18.5 Å². The molecular weight excluding hydrogens is 440 g/mol. The second kappa shape index (κ2) is 9.86. The van der Waals surface area contributed by atoms with E-state index < -0.39 is 24.4 Å². The Balaban J connectivity index is 1.12. The largest absolute Gasteiger partial charge is 0.457 e. The second-order valence-corrected chi connectivity index (χ2v) is 7.81. The van der Waals surface area contributed by atoms with Gasteiger partial charge in [0.1, 0.15) is 30.0 Å². The van der Waals surface area contributed by atoms with Crippen molar-refractivity contribution in [3.63, 3.8) is 0 Å². The highest BCUT2D eigenvalue weighted by molar-refractivity contribution is 5.93. The minimum absolute atomic E-state index is 0.174. The van der Waals surface area contributed by atoms with Gasteiger partial charge in [-0.2, -0.15) is 0 Å². The molecular formula is C24H22N4O6. The molecule has 1 aromatic heterocycles. The smallest absolute Gasteiger partial charge is 0.412 e. The number of fused-ring (bicyclic) bond motifs is 1. The SMILES string of the molecule is O=C(Nc1ccc(Oc2ccccc2)cc1)O[C@H]1CO[C@@H]2[C@@H]1OC[C@@H]2NC(=O)c1cncnc1. The van der Waals surface area contributed by atoms with E-state index >= 15 is 0 Å². The number of carbonyl (C=O) groups is 2. The van der Waals surface area contributed by atoms with Crippen molar-refractivity contribution in [3.05, 3.63) is 78.9 Å². The van der Waals surface area contributed by atoms with E-state index in [4.69, 9.17) is 18.9 Å². The van der Waals surface area contributed by atoms with E-state index in [2.05, 4.69) is 20.6 Å². The summed E-state index contributed by atoms with van der Waals surface area (Å²) in [6.07, 6.45) is 2.12. The predicted octanol–water partition coefficient (Wildman–Crippen LogP) is 2.78. The number of aromatic nitrogens is 2. The molecule has 0 aliphatic carbocycles. The molecule has 174 valence electrons. The fourth-order valence-corrected chi connectivity index (χ4v) is 3.87. The summed E-state index contributed by atoms with van der Waals surface area (Å²) < 4.78 is 22.8. The average molecular weight is 462 g/mol. The number of amides is 2. The van der Waals surface area contributed by atoms with Crippen molar-refractivity contribution in [2.24, 2.45) is 0 Å². The molecule has 2 aromatic carbocycles. The van der Waals surface area contributed by atoms with Crippen molar-refractivity contribution < 1.29 is 28.5 Å². The minimum atomic E-state index is -0.622. The number of benzene rings is 2. The number of nitrogens with one attached hydrogen (secondary N) is 2. The Kier molecular flexibility index (Phi) is 6.32. The van der Waals surface area contributed by atoms with Crippen LogP contribution < -0.4 is 15.4 Å². The maximum absolute atomic E-state index is 12.4. The number of hydrogen-bond acceptors (Lipinski definition) is 8. The fourth-order valence-electron chi connectivity index (χ4n) is 3.87. The zero-order valence-corrected chi connectivity index (χ0v) is 18.0. The van der Waals surface area contributed by atoms with Crippen molar-refractivity contribution in [3.8, 4) is 11.5 Å². The molecule has 2 saturated heterocycles. The van der Waals surface area contributed by atoms with Crippen LogP contribution in [0.15, 0.2) is 73.3 Å². The summed E-state index contributed by atoms with van der Waals surface area (Å²) in [5, 5.41) is 5.56. The Labute approximate surface area is 195 Å². The average Bonchev–Trinajstić information content (AvgIpc) is 3.45. The zero-order chi connectivity index (χ0) is 23.3. The maximum atomic E-state index is 12.4. The highest BCUT2D eigenvalue weighted by atomic mass is 16.6. The molecule has 0 saturated carbocycles. The lowest BCUT2D eigenvalue weighted by Gasteiger charge is -2.18. The van der Waals surface area contributed by atoms with Gasteiger partial charge in [-0.3, -0.25) is 10.1 Å². The topological polar surface area (TPSA) is 121 Å². The van der Waals surface area contributed by atoms with Crippen LogP contribution in [0.4, 0.5) is 10.5 Å². The van der Waals surface area contributed by atoms with Gasteiger partial charge in [0.15, 0.2) is 6.10 Å². The van der Waals surface area contributed by atoms with Crippen molar-refractivity contribution in [1.29, 1.82) is 0 Å². The molecule has 2 fully saturated rings. The van der Waals surface area contributed by atoms with Gasteiger partial charge in [-0.25, -0.2) is 14.8 Å². The standard InChI is InChI=1S/C24H22N4O6/c29-23(15-10-25-14-26-11-15)28-19-12-31-22-20(13-32-21(19)22)34-24(30)27-16-6-8-18(9-7-16)33-17-4-2-1-3-5-17/h1-11,14,19-22H,12-13H2,(H,27,30)(H,28,29)/t19-,20-,21-,22+/m0/s1. The molecule has 10 heteroatoms. The van der Waals surface area contributed by atoms with Gasteiger partial charge < -0.3 is 24.3 Å². The Morgan fingerprint density at radius 1 is 0.882 bits per heavy atom. The van der Waals surface area contributed by atoms with Gasteiger partial charge in [-0.05, 0) is 36.4 Å². The van der Waals surface area contributed by atoms with E-state index in [1.54, 1.807) is 24.3 Å². The van der Waals surface area contributed by atoms with E-state index in [0.29, 0.717) is 17.0 Å². The highest BCUT2D eigenvalue weighted by Gasteiger charge is 2.50. The van der Waals surface area contributed by atoms with Crippen LogP contribution in [0, 0.1) is 0 Å². The van der Waals surface area contributed by atoms with Crippen LogP contribution in [0.25, 0.3) is 0 Å². The minimum Gasteiger partial charge on any atom is -0.457 e. The fraction of sp³-hybridized carbons (Fsp3) is 0.250. The van der Waals surface area contributed by atoms with Gasteiger partial charge in [-0.15, -0.1) is 0 Å². The van der Waals surface area contributed by atoms with Gasteiger partial charge in [0.2, 0.25) is 0 Å². The third kappa shape index (κ3) is 4.98. The van der Waals surface area contributed by atoms with Crippen LogP contribution in [-0.2, 0) is 14.2 Å². The van der Waals surface area contributed by atoms with E-state index in [9.17, 15) is 9.59 Å². The number of hydrogen-bond donors (Lipinski definition) is 2. The molecule has 0 spiro atoms. The molecule has 0 radical (unpaired) electrons. The molecule has 3 heterocycles. The maximum Gasteiger partial charge on any atom is 0.412 e. The molecule has 0 unspecified atom stereocenters. The van der Waals surface area contributed by atoms with E-state index in [1.165, 1.54) is 18.7 Å². The first-order chi connectivity index (χ1) is 16.7. The lowest BCUT2D eigenvalue weighted by molar-refractivity contribution is 0.00861. The summed E-state index contributed by atoms with van der Waals surface area (Å²) in [6.45, 7) is 0.423. The van der Waals surface area contributed by atoms with Crippen LogP contribution in [0.2, 0.25) is 0 Å². The molecule has 2 amide bonds. The molecule has 2 N–H and O–H groups in total. The van der Waals surface area contributed by atoms with Gasteiger partial charge >= 0.3 is 6.09 Å². The first-order valence-corrected chi connectivity index (χ1v) is 10.8. The van der Waals surface area contributed by atoms with Gasteiger partial charge in [0.25, 0.3) is 5.91 Å². The number of rotatable bonds is 6. The molecule has 3 aromatic rings. The van der Waals surface area contributed by atoms with E-state index in [0.717, 1.165) is 5.75 Å². The highest BCUT2D eigenvalue weighted by Crippen LogP contribution is 2.29. The number of ether oxygens (including phenoxy) is 4. The van der Waals surface area contributed by atoms with Crippen LogP contribution in [0.1, 0.15) is 10.4 Å². The van der Waals surface area contributed by atoms with Gasteiger partial charge in [0, 0.05) is 18.1 Å². The zero-order valence-electron chi connectivity index (χ0n) is 18.0. The molecule has 5 rings (SSSR count). The molecule has 2 aliphatic rings. The van der Waals surface area contributed by atoms with Crippen molar-refractivity contribution >= 4 is 17.7 Å². The van der Waals surface area contributed by atoms with E-state index in [-0.39, 0.29) is 25.2 Å².